The molecule has 2 N–H and O–H groups in total. The zero-order chi connectivity index (χ0) is 12.1. The van der Waals surface area contributed by atoms with Crippen LogP contribution in [0.2, 0.25) is 5.02 Å². The summed E-state index contributed by atoms with van der Waals surface area (Å²) in [5.74, 6) is -0.144. The molecule has 1 saturated heterocycles. The van der Waals surface area contributed by atoms with E-state index in [-0.39, 0.29) is 5.91 Å². The van der Waals surface area contributed by atoms with E-state index in [0.29, 0.717) is 23.3 Å². The van der Waals surface area contributed by atoms with Crippen LogP contribution in [0.3, 0.4) is 0 Å². The van der Waals surface area contributed by atoms with Gasteiger partial charge in [-0.25, -0.2) is 4.98 Å². The number of rotatable bonds is 3. The van der Waals surface area contributed by atoms with Gasteiger partial charge >= 0.3 is 0 Å². The number of piperidine rings is 1. The Morgan fingerprint density at radius 2 is 2.41 bits per heavy atom. The second-order valence-corrected chi connectivity index (χ2v) is 4.65. The lowest BCUT2D eigenvalue weighted by Gasteiger charge is -2.23. The van der Waals surface area contributed by atoms with Gasteiger partial charge in [0, 0.05) is 18.8 Å². The van der Waals surface area contributed by atoms with Gasteiger partial charge in [0.2, 0.25) is 0 Å². The van der Waals surface area contributed by atoms with Crippen LogP contribution < -0.4 is 10.6 Å². The lowest BCUT2D eigenvalue weighted by Crippen LogP contribution is -2.43. The first kappa shape index (κ1) is 12.3. The minimum atomic E-state index is -0.144. The van der Waals surface area contributed by atoms with E-state index in [1.54, 1.807) is 12.1 Å². The normalized spacial score (nSPS) is 19.9. The van der Waals surface area contributed by atoms with Crippen molar-refractivity contribution >= 4 is 17.5 Å². The molecule has 1 aromatic rings. The molecule has 1 atom stereocenters. The quantitative estimate of drug-likeness (QED) is 0.861. The summed E-state index contributed by atoms with van der Waals surface area (Å²) in [7, 11) is 0. The molecule has 0 radical (unpaired) electrons. The molecular weight excluding hydrogens is 238 g/mol. The SMILES string of the molecule is O=C(NCC1CCCCN1)c1ccc(Cl)cn1. The molecule has 0 aromatic carbocycles. The zero-order valence-electron chi connectivity index (χ0n) is 9.58. The molecule has 1 aliphatic rings. The van der Waals surface area contributed by atoms with Gasteiger partial charge in [-0.3, -0.25) is 4.79 Å². The van der Waals surface area contributed by atoms with Crippen LogP contribution in [-0.4, -0.2) is 30.0 Å². The number of amides is 1. The predicted octanol–water partition coefficient (Wildman–Crippen LogP) is 1.61. The minimum absolute atomic E-state index is 0.144. The first-order chi connectivity index (χ1) is 8.25. The molecule has 17 heavy (non-hydrogen) atoms. The van der Waals surface area contributed by atoms with Crippen molar-refractivity contribution in [3.05, 3.63) is 29.0 Å². The van der Waals surface area contributed by atoms with Crippen molar-refractivity contribution in [1.82, 2.24) is 15.6 Å². The third kappa shape index (κ3) is 3.68. The van der Waals surface area contributed by atoms with Gasteiger partial charge in [-0.1, -0.05) is 18.0 Å². The standard InChI is InChI=1S/C12H16ClN3O/c13-9-4-5-11(15-7-9)12(17)16-8-10-3-1-2-6-14-10/h4-5,7,10,14H,1-3,6,8H2,(H,16,17). The highest BCUT2D eigenvalue weighted by atomic mass is 35.5. The maximum absolute atomic E-state index is 11.8. The predicted molar refractivity (Wildman–Crippen MR) is 67.2 cm³/mol. The summed E-state index contributed by atoms with van der Waals surface area (Å²) in [5, 5.41) is 6.80. The summed E-state index contributed by atoms with van der Waals surface area (Å²) in [6, 6.07) is 3.69. The van der Waals surface area contributed by atoms with Gasteiger partial charge < -0.3 is 10.6 Å². The summed E-state index contributed by atoms with van der Waals surface area (Å²) in [4.78, 5) is 15.7. The number of halogens is 1. The molecule has 4 nitrogen and oxygen atoms in total. The maximum Gasteiger partial charge on any atom is 0.269 e. The Labute approximate surface area is 106 Å². The summed E-state index contributed by atoms with van der Waals surface area (Å²) < 4.78 is 0. The van der Waals surface area contributed by atoms with E-state index >= 15 is 0 Å². The molecule has 2 rings (SSSR count). The molecule has 5 heteroatoms. The van der Waals surface area contributed by atoms with Crippen LogP contribution in [0.15, 0.2) is 18.3 Å². The molecule has 1 fully saturated rings. The fraction of sp³-hybridized carbons (Fsp3) is 0.500. The average Bonchev–Trinajstić information content (AvgIpc) is 2.38. The van der Waals surface area contributed by atoms with Crippen LogP contribution in [0.5, 0.6) is 0 Å². The second-order valence-electron chi connectivity index (χ2n) is 4.22. The Morgan fingerprint density at radius 1 is 1.53 bits per heavy atom. The van der Waals surface area contributed by atoms with Gasteiger partial charge in [0.1, 0.15) is 5.69 Å². The number of nitrogens with zero attached hydrogens (tertiary/aromatic N) is 1. The van der Waals surface area contributed by atoms with E-state index < -0.39 is 0 Å². The van der Waals surface area contributed by atoms with Crippen LogP contribution >= 0.6 is 11.6 Å². The molecule has 1 aliphatic heterocycles. The summed E-state index contributed by atoms with van der Waals surface area (Å²) >= 11 is 5.71. The van der Waals surface area contributed by atoms with Crippen molar-refractivity contribution < 1.29 is 4.79 Å². The smallest absolute Gasteiger partial charge is 0.269 e. The lowest BCUT2D eigenvalue weighted by atomic mass is 10.1. The molecule has 2 heterocycles. The molecular formula is C12H16ClN3O. The highest BCUT2D eigenvalue weighted by Gasteiger charge is 2.14. The topological polar surface area (TPSA) is 54.0 Å². The van der Waals surface area contributed by atoms with E-state index in [1.165, 1.54) is 19.0 Å². The van der Waals surface area contributed by atoms with E-state index in [1.807, 2.05) is 0 Å². The second kappa shape index (κ2) is 5.98. The molecule has 92 valence electrons. The average molecular weight is 254 g/mol. The number of pyridine rings is 1. The van der Waals surface area contributed by atoms with Crippen molar-refractivity contribution in [2.45, 2.75) is 25.3 Å². The van der Waals surface area contributed by atoms with Gasteiger partial charge in [-0.05, 0) is 31.5 Å². The highest BCUT2D eigenvalue weighted by molar-refractivity contribution is 6.30. The van der Waals surface area contributed by atoms with Gasteiger partial charge in [-0.15, -0.1) is 0 Å². The van der Waals surface area contributed by atoms with E-state index in [0.717, 1.165) is 13.0 Å². The summed E-state index contributed by atoms with van der Waals surface area (Å²) in [6.45, 7) is 1.70. The van der Waals surface area contributed by atoms with Gasteiger partial charge in [0.25, 0.3) is 5.91 Å². The molecule has 0 aliphatic carbocycles. The number of carbonyl (C=O) groups is 1. The first-order valence-corrected chi connectivity index (χ1v) is 6.26. The maximum atomic E-state index is 11.8. The Balaban J connectivity index is 1.82. The molecule has 0 spiro atoms. The highest BCUT2D eigenvalue weighted by Crippen LogP contribution is 2.07. The van der Waals surface area contributed by atoms with Crippen LogP contribution in [0.1, 0.15) is 29.8 Å². The largest absolute Gasteiger partial charge is 0.349 e. The first-order valence-electron chi connectivity index (χ1n) is 5.89. The molecule has 1 aromatic heterocycles. The fourth-order valence-corrected chi connectivity index (χ4v) is 2.03. The van der Waals surface area contributed by atoms with Crippen LogP contribution in [0, 0.1) is 0 Å². The fourth-order valence-electron chi connectivity index (χ4n) is 1.91. The Morgan fingerprint density at radius 3 is 3.06 bits per heavy atom. The van der Waals surface area contributed by atoms with Crippen molar-refractivity contribution in [3.63, 3.8) is 0 Å². The minimum Gasteiger partial charge on any atom is -0.349 e. The van der Waals surface area contributed by atoms with Gasteiger partial charge in [0.15, 0.2) is 0 Å². The third-order valence-electron chi connectivity index (χ3n) is 2.88. The Hall–Kier alpha value is -1.13. The Kier molecular flexibility index (Phi) is 4.34. The monoisotopic (exact) mass is 253 g/mol. The van der Waals surface area contributed by atoms with Crippen molar-refractivity contribution in [2.24, 2.45) is 0 Å². The summed E-state index contributed by atoms with van der Waals surface area (Å²) in [6.07, 6.45) is 5.06. The summed E-state index contributed by atoms with van der Waals surface area (Å²) in [5.41, 5.74) is 0.408. The van der Waals surface area contributed by atoms with Gasteiger partial charge in [0.05, 0.1) is 5.02 Å². The zero-order valence-corrected chi connectivity index (χ0v) is 10.3. The van der Waals surface area contributed by atoms with Crippen molar-refractivity contribution in [1.29, 1.82) is 0 Å². The number of hydrogen-bond acceptors (Lipinski definition) is 3. The van der Waals surface area contributed by atoms with E-state index in [9.17, 15) is 4.79 Å². The molecule has 0 saturated carbocycles. The van der Waals surface area contributed by atoms with Crippen LogP contribution in [0.25, 0.3) is 0 Å². The number of aromatic nitrogens is 1. The van der Waals surface area contributed by atoms with Gasteiger partial charge in [-0.2, -0.15) is 0 Å². The van der Waals surface area contributed by atoms with Crippen molar-refractivity contribution in [2.75, 3.05) is 13.1 Å². The number of carbonyl (C=O) groups excluding carboxylic acids is 1. The Bertz CT molecular complexity index is 374. The number of hydrogen-bond donors (Lipinski definition) is 2. The lowest BCUT2D eigenvalue weighted by molar-refractivity contribution is 0.0943. The van der Waals surface area contributed by atoms with E-state index in [4.69, 9.17) is 11.6 Å². The molecule has 1 amide bonds. The molecule has 0 bridgehead atoms. The van der Waals surface area contributed by atoms with Crippen LogP contribution in [0.4, 0.5) is 0 Å². The van der Waals surface area contributed by atoms with Crippen molar-refractivity contribution in [3.8, 4) is 0 Å². The van der Waals surface area contributed by atoms with Crippen LogP contribution in [-0.2, 0) is 0 Å². The number of nitrogens with one attached hydrogen (secondary N) is 2. The van der Waals surface area contributed by atoms with E-state index in [2.05, 4.69) is 15.6 Å². The molecule has 1 unspecified atom stereocenters. The third-order valence-corrected chi connectivity index (χ3v) is 3.10.